The molecule has 0 aliphatic carbocycles. The van der Waals surface area contributed by atoms with Crippen LogP contribution in [-0.2, 0) is 9.59 Å². The van der Waals surface area contributed by atoms with Gasteiger partial charge in [0.15, 0.2) is 0 Å². The molecule has 1 fully saturated rings. The zero-order valence-corrected chi connectivity index (χ0v) is 9.87. The van der Waals surface area contributed by atoms with Crippen LogP contribution < -0.4 is 11.1 Å². The standard InChI is InChI=1S/C11H21N3O2/c1-14-8-6-9(11(14)16)13-10(15)5-3-2-4-7-12/h9H,2-8,12H2,1H3,(H,13,15). The number of nitrogens with zero attached hydrogens (tertiary/aromatic N) is 1. The average Bonchev–Trinajstić information content (AvgIpc) is 2.56. The van der Waals surface area contributed by atoms with Crippen LogP contribution in [0.5, 0.6) is 0 Å². The van der Waals surface area contributed by atoms with E-state index in [4.69, 9.17) is 5.73 Å². The van der Waals surface area contributed by atoms with Crippen molar-refractivity contribution in [3.63, 3.8) is 0 Å². The third-order valence-electron chi connectivity index (χ3n) is 2.87. The van der Waals surface area contributed by atoms with Crippen molar-refractivity contribution in [2.24, 2.45) is 5.73 Å². The number of amides is 2. The first-order valence-corrected chi connectivity index (χ1v) is 5.89. The molecule has 2 amide bonds. The summed E-state index contributed by atoms with van der Waals surface area (Å²) in [5, 5.41) is 2.77. The van der Waals surface area contributed by atoms with Gasteiger partial charge in [0.25, 0.3) is 0 Å². The highest BCUT2D eigenvalue weighted by molar-refractivity contribution is 5.88. The van der Waals surface area contributed by atoms with Crippen molar-refractivity contribution in [2.45, 2.75) is 38.1 Å². The molecule has 5 nitrogen and oxygen atoms in total. The summed E-state index contributed by atoms with van der Waals surface area (Å²) in [6.45, 7) is 1.41. The lowest BCUT2D eigenvalue weighted by atomic mass is 10.1. The second-order valence-electron chi connectivity index (χ2n) is 4.27. The Balaban J connectivity index is 2.17. The number of rotatable bonds is 6. The SMILES string of the molecule is CN1CCC(NC(=O)CCCCCN)C1=O. The fourth-order valence-electron chi connectivity index (χ4n) is 1.83. The van der Waals surface area contributed by atoms with E-state index in [-0.39, 0.29) is 17.9 Å². The molecule has 0 spiro atoms. The van der Waals surface area contributed by atoms with Crippen molar-refractivity contribution in [1.29, 1.82) is 0 Å². The molecular weight excluding hydrogens is 206 g/mol. The average molecular weight is 227 g/mol. The van der Waals surface area contributed by atoms with Gasteiger partial charge in [-0.2, -0.15) is 0 Å². The molecule has 1 rings (SSSR count). The van der Waals surface area contributed by atoms with E-state index in [0.29, 0.717) is 13.0 Å². The summed E-state index contributed by atoms with van der Waals surface area (Å²) in [5.74, 6) is 0.000907. The number of carbonyl (C=O) groups excluding carboxylic acids is 2. The Hall–Kier alpha value is -1.10. The third-order valence-corrected chi connectivity index (χ3v) is 2.87. The molecule has 1 aliphatic rings. The Morgan fingerprint density at radius 3 is 2.81 bits per heavy atom. The topological polar surface area (TPSA) is 75.4 Å². The molecule has 0 aromatic rings. The van der Waals surface area contributed by atoms with Crippen LogP contribution in [-0.4, -0.2) is 42.9 Å². The van der Waals surface area contributed by atoms with Crippen LogP contribution in [0, 0.1) is 0 Å². The Bertz CT molecular complexity index is 256. The number of nitrogens with one attached hydrogen (secondary N) is 1. The molecule has 1 aliphatic heterocycles. The number of likely N-dealkylation sites (tertiary alicyclic amines) is 1. The number of unbranched alkanes of at least 4 members (excludes halogenated alkanes) is 2. The summed E-state index contributed by atoms with van der Waals surface area (Å²) in [4.78, 5) is 24.7. The molecule has 92 valence electrons. The molecule has 1 saturated heterocycles. The molecule has 16 heavy (non-hydrogen) atoms. The second-order valence-corrected chi connectivity index (χ2v) is 4.27. The molecule has 1 unspecified atom stereocenters. The predicted octanol–water partition coefficient (Wildman–Crippen LogP) is -0.148. The lowest BCUT2D eigenvalue weighted by molar-refractivity contribution is -0.131. The van der Waals surface area contributed by atoms with Crippen molar-refractivity contribution in [3.8, 4) is 0 Å². The first-order valence-electron chi connectivity index (χ1n) is 5.89. The van der Waals surface area contributed by atoms with Crippen molar-refractivity contribution in [1.82, 2.24) is 10.2 Å². The summed E-state index contributed by atoms with van der Waals surface area (Å²) in [6, 6.07) is -0.299. The molecular formula is C11H21N3O2. The van der Waals surface area contributed by atoms with Crippen LogP contribution in [0.2, 0.25) is 0 Å². The minimum atomic E-state index is -0.299. The number of hydrogen-bond acceptors (Lipinski definition) is 3. The van der Waals surface area contributed by atoms with Crippen molar-refractivity contribution in [3.05, 3.63) is 0 Å². The predicted molar refractivity (Wildman–Crippen MR) is 61.7 cm³/mol. The van der Waals surface area contributed by atoms with Crippen LogP contribution in [0.4, 0.5) is 0 Å². The van der Waals surface area contributed by atoms with Gasteiger partial charge in [-0.15, -0.1) is 0 Å². The summed E-state index contributed by atoms with van der Waals surface area (Å²) in [5.41, 5.74) is 5.36. The van der Waals surface area contributed by atoms with Gasteiger partial charge in [-0.05, 0) is 25.8 Å². The van der Waals surface area contributed by atoms with Crippen molar-refractivity contribution < 1.29 is 9.59 Å². The Kier molecular flexibility index (Phi) is 5.25. The van der Waals surface area contributed by atoms with Gasteiger partial charge in [-0.25, -0.2) is 0 Å². The maximum Gasteiger partial charge on any atom is 0.244 e. The Labute approximate surface area is 96.4 Å². The summed E-state index contributed by atoms with van der Waals surface area (Å²) < 4.78 is 0. The number of carbonyl (C=O) groups is 2. The van der Waals surface area contributed by atoms with E-state index in [1.54, 1.807) is 11.9 Å². The van der Waals surface area contributed by atoms with Crippen LogP contribution in [0.3, 0.4) is 0 Å². The van der Waals surface area contributed by atoms with Crippen molar-refractivity contribution >= 4 is 11.8 Å². The van der Waals surface area contributed by atoms with Gasteiger partial charge in [0, 0.05) is 20.0 Å². The van der Waals surface area contributed by atoms with Gasteiger partial charge in [0.1, 0.15) is 6.04 Å². The monoisotopic (exact) mass is 227 g/mol. The van der Waals surface area contributed by atoms with E-state index in [2.05, 4.69) is 5.32 Å². The van der Waals surface area contributed by atoms with E-state index in [9.17, 15) is 9.59 Å². The minimum Gasteiger partial charge on any atom is -0.344 e. The van der Waals surface area contributed by atoms with Crippen LogP contribution in [0.25, 0.3) is 0 Å². The normalized spacial score (nSPS) is 20.2. The van der Waals surface area contributed by atoms with Crippen LogP contribution in [0.15, 0.2) is 0 Å². The fraction of sp³-hybridized carbons (Fsp3) is 0.818. The zero-order valence-electron chi connectivity index (χ0n) is 9.87. The van der Waals surface area contributed by atoms with Gasteiger partial charge in [0.2, 0.25) is 11.8 Å². The van der Waals surface area contributed by atoms with Gasteiger partial charge >= 0.3 is 0 Å². The van der Waals surface area contributed by atoms with Gasteiger partial charge < -0.3 is 16.0 Å². The molecule has 1 heterocycles. The number of hydrogen-bond donors (Lipinski definition) is 2. The second kappa shape index (κ2) is 6.48. The van der Waals surface area contributed by atoms with Crippen molar-refractivity contribution in [2.75, 3.05) is 20.1 Å². The first kappa shape index (κ1) is 13.0. The van der Waals surface area contributed by atoms with E-state index in [0.717, 1.165) is 32.2 Å². The summed E-state index contributed by atoms with van der Waals surface area (Å²) >= 11 is 0. The van der Waals surface area contributed by atoms with Crippen LogP contribution >= 0.6 is 0 Å². The molecule has 0 bridgehead atoms. The molecule has 1 atom stereocenters. The van der Waals surface area contributed by atoms with E-state index >= 15 is 0 Å². The highest BCUT2D eigenvalue weighted by Gasteiger charge is 2.29. The van der Waals surface area contributed by atoms with E-state index in [1.165, 1.54) is 0 Å². The van der Waals surface area contributed by atoms with Gasteiger partial charge in [-0.3, -0.25) is 9.59 Å². The molecule has 3 N–H and O–H groups in total. The smallest absolute Gasteiger partial charge is 0.244 e. The third kappa shape index (κ3) is 3.81. The molecule has 0 aromatic heterocycles. The highest BCUT2D eigenvalue weighted by Crippen LogP contribution is 2.09. The lowest BCUT2D eigenvalue weighted by Gasteiger charge is -2.12. The lowest BCUT2D eigenvalue weighted by Crippen LogP contribution is -2.40. The number of likely N-dealkylation sites (N-methyl/N-ethyl adjacent to an activating group) is 1. The summed E-state index contributed by atoms with van der Waals surface area (Å²) in [6.07, 6.45) is 4.00. The summed E-state index contributed by atoms with van der Waals surface area (Å²) in [7, 11) is 1.76. The van der Waals surface area contributed by atoms with E-state index in [1.807, 2.05) is 0 Å². The fourth-order valence-corrected chi connectivity index (χ4v) is 1.83. The molecule has 0 radical (unpaired) electrons. The Morgan fingerprint density at radius 2 is 2.25 bits per heavy atom. The Morgan fingerprint density at radius 1 is 1.50 bits per heavy atom. The maximum absolute atomic E-state index is 11.5. The van der Waals surface area contributed by atoms with Crippen LogP contribution in [0.1, 0.15) is 32.1 Å². The van der Waals surface area contributed by atoms with Gasteiger partial charge in [-0.1, -0.05) is 6.42 Å². The first-order chi connectivity index (χ1) is 7.65. The number of nitrogens with two attached hydrogens (primary N) is 1. The maximum atomic E-state index is 11.5. The molecule has 0 saturated carbocycles. The molecule has 5 heteroatoms. The quantitative estimate of drug-likeness (QED) is 0.620. The van der Waals surface area contributed by atoms with Gasteiger partial charge in [0.05, 0.1) is 0 Å². The minimum absolute atomic E-state index is 0.0225. The van der Waals surface area contributed by atoms with E-state index < -0.39 is 0 Å². The zero-order chi connectivity index (χ0) is 12.0. The molecule has 0 aromatic carbocycles. The highest BCUT2D eigenvalue weighted by atomic mass is 16.2. The largest absolute Gasteiger partial charge is 0.344 e.